The molecule has 1 aliphatic carbocycles. The summed E-state index contributed by atoms with van der Waals surface area (Å²) in [5.74, 6) is -0.669. The Hall–Kier alpha value is -1.56. The zero-order valence-corrected chi connectivity index (χ0v) is 11.7. The number of benzene rings is 1. The molecule has 1 fully saturated rings. The van der Waals surface area contributed by atoms with Gasteiger partial charge in [0.1, 0.15) is 5.25 Å². The molecular weight excluding hydrogens is 284 g/mol. The lowest BCUT2D eigenvalue weighted by molar-refractivity contribution is 0.592. The molecule has 0 N–H and O–H groups in total. The molecule has 1 saturated carbocycles. The summed E-state index contributed by atoms with van der Waals surface area (Å²) in [7, 11) is -3.44. The molecule has 0 amide bonds. The fourth-order valence-electron chi connectivity index (χ4n) is 2.43. The number of nitrogens with zero attached hydrogens (tertiary/aromatic N) is 2. The third-order valence-corrected chi connectivity index (χ3v) is 6.00. The molecule has 0 bridgehead atoms. The second-order valence-electron chi connectivity index (χ2n) is 4.49. The molecule has 4 nitrogen and oxygen atoms in total. The summed E-state index contributed by atoms with van der Waals surface area (Å²) in [4.78, 5) is 0. The van der Waals surface area contributed by atoms with E-state index in [2.05, 4.69) is 0 Å². The minimum absolute atomic E-state index is 0.0765. The molecular formula is C13H11ClN2O2S. The topological polar surface area (TPSA) is 81.7 Å². The van der Waals surface area contributed by atoms with Crippen LogP contribution in [0.5, 0.6) is 0 Å². The maximum Gasteiger partial charge on any atom is 0.169 e. The molecule has 6 heteroatoms. The van der Waals surface area contributed by atoms with Gasteiger partial charge in [-0.05, 0) is 17.7 Å². The molecule has 2 atom stereocenters. The number of halogens is 1. The number of hydrogen-bond acceptors (Lipinski definition) is 4. The summed E-state index contributed by atoms with van der Waals surface area (Å²) in [5, 5.41) is 18.0. The van der Waals surface area contributed by atoms with Gasteiger partial charge >= 0.3 is 0 Å². The van der Waals surface area contributed by atoms with Crippen molar-refractivity contribution in [2.75, 3.05) is 5.75 Å². The Bertz CT molecular complexity index is 669. The normalized spacial score (nSPS) is 24.2. The molecule has 19 heavy (non-hydrogen) atoms. The molecule has 2 rings (SSSR count). The summed E-state index contributed by atoms with van der Waals surface area (Å²) in [5.41, 5.74) is -0.808. The van der Waals surface area contributed by atoms with Crippen molar-refractivity contribution in [3.63, 3.8) is 0 Å². The fourth-order valence-corrected chi connectivity index (χ4v) is 4.44. The Balaban J connectivity index is 2.50. The summed E-state index contributed by atoms with van der Waals surface area (Å²) < 4.78 is 24.0. The Morgan fingerprint density at radius 3 is 2.21 bits per heavy atom. The van der Waals surface area contributed by atoms with E-state index >= 15 is 0 Å². The van der Waals surface area contributed by atoms with E-state index in [9.17, 15) is 18.9 Å². The van der Waals surface area contributed by atoms with Crippen LogP contribution in [0, 0.1) is 28.1 Å². The van der Waals surface area contributed by atoms with Crippen LogP contribution in [0.3, 0.4) is 0 Å². The molecule has 0 aromatic heterocycles. The molecule has 1 aliphatic rings. The Morgan fingerprint density at radius 1 is 1.26 bits per heavy atom. The van der Waals surface area contributed by atoms with E-state index < -0.39 is 26.4 Å². The average Bonchev–Trinajstić information content (AvgIpc) is 3.10. The maximum absolute atomic E-state index is 12.0. The molecule has 0 heterocycles. The first-order chi connectivity index (χ1) is 8.93. The van der Waals surface area contributed by atoms with Gasteiger partial charge in [-0.3, -0.25) is 0 Å². The summed E-state index contributed by atoms with van der Waals surface area (Å²) in [6.45, 7) is 1.52. The van der Waals surface area contributed by atoms with E-state index in [1.54, 1.807) is 24.3 Å². The van der Waals surface area contributed by atoms with Crippen LogP contribution >= 0.6 is 11.6 Å². The van der Waals surface area contributed by atoms with Crippen molar-refractivity contribution in [3.8, 4) is 12.1 Å². The van der Waals surface area contributed by atoms with E-state index in [0.29, 0.717) is 10.6 Å². The SMILES string of the molecule is CCS(=O)(=O)[C@H]1[C@@H](c2ccc(Cl)cc2)C1(C#N)C#N. The Labute approximate surface area is 117 Å². The van der Waals surface area contributed by atoms with Crippen molar-refractivity contribution < 1.29 is 8.42 Å². The smallest absolute Gasteiger partial charge is 0.169 e. The molecule has 1 aromatic carbocycles. The predicted octanol–water partition coefficient (Wildman–Crippen LogP) is 2.27. The average molecular weight is 295 g/mol. The van der Waals surface area contributed by atoms with E-state index in [-0.39, 0.29) is 5.75 Å². The van der Waals surface area contributed by atoms with Gasteiger partial charge in [-0.25, -0.2) is 8.42 Å². The van der Waals surface area contributed by atoms with E-state index in [0.717, 1.165) is 0 Å². The first kappa shape index (κ1) is 13.9. The third kappa shape index (κ3) is 2.00. The van der Waals surface area contributed by atoms with Gasteiger partial charge in [-0.2, -0.15) is 10.5 Å². The molecule has 1 aromatic rings. The van der Waals surface area contributed by atoms with Gasteiger partial charge in [-0.15, -0.1) is 0 Å². The lowest BCUT2D eigenvalue weighted by Gasteiger charge is -2.00. The first-order valence-electron chi connectivity index (χ1n) is 5.72. The maximum atomic E-state index is 12.0. The third-order valence-electron chi connectivity index (χ3n) is 3.52. The quantitative estimate of drug-likeness (QED) is 0.856. The van der Waals surface area contributed by atoms with Crippen LogP contribution in [-0.4, -0.2) is 19.4 Å². The van der Waals surface area contributed by atoms with Crippen molar-refractivity contribution >= 4 is 21.4 Å². The summed E-state index contributed by atoms with van der Waals surface area (Å²) in [6.07, 6.45) is 0. The van der Waals surface area contributed by atoms with Crippen LogP contribution in [-0.2, 0) is 9.84 Å². The van der Waals surface area contributed by atoms with Crippen molar-refractivity contribution in [1.29, 1.82) is 10.5 Å². The van der Waals surface area contributed by atoms with E-state index in [1.165, 1.54) is 6.92 Å². The number of sulfone groups is 1. The first-order valence-corrected chi connectivity index (χ1v) is 7.82. The molecule has 0 spiro atoms. The summed E-state index contributed by atoms with van der Waals surface area (Å²) >= 11 is 5.78. The van der Waals surface area contributed by atoms with Crippen LogP contribution < -0.4 is 0 Å². The second-order valence-corrected chi connectivity index (χ2v) is 7.34. The zero-order valence-electron chi connectivity index (χ0n) is 10.2. The monoisotopic (exact) mass is 294 g/mol. The largest absolute Gasteiger partial charge is 0.228 e. The van der Waals surface area contributed by atoms with Crippen LogP contribution in [0.2, 0.25) is 5.02 Å². The van der Waals surface area contributed by atoms with Gasteiger partial charge in [0.05, 0.1) is 12.1 Å². The second kappa shape index (κ2) is 4.52. The van der Waals surface area contributed by atoms with E-state index in [1.807, 2.05) is 12.1 Å². The van der Waals surface area contributed by atoms with Crippen molar-refractivity contribution in [2.45, 2.75) is 18.1 Å². The minimum atomic E-state index is -3.44. The highest BCUT2D eigenvalue weighted by molar-refractivity contribution is 7.92. The van der Waals surface area contributed by atoms with Crippen LogP contribution in [0.15, 0.2) is 24.3 Å². The number of rotatable bonds is 3. The minimum Gasteiger partial charge on any atom is -0.228 e. The lowest BCUT2D eigenvalue weighted by atomic mass is 10.0. The Morgan fingerprint density at radius 2 is 1.79 bits per heavy atom. The van der Waals surface area contributed by atoms with Gasteiger partial charge in [0, 0.05) is 16.7 Å². The lowest BCUT2D eigenvalue weighted by Crippen LogP contribution is -2.15. The van der Waals surface area contributed by atoms with Gasteiger partial charge in [0.2, 0.25) is 0 Å². The van der Waals surface area contributed by atoms with Gasteiger partial charge in [-0.1, -0.05) is 30.7 Å². The highest BCUT2D eigenvalue weighted by Gasteiger charge is 2.72. The molecule has 0 aliphatic heterocycles. The predicted molar refractivity (Wildman–Crippen MR) is 71.1 cm³/mol. The standard InChI is InChI=1S/C13H11ClN2O2S/c1-2-19(17,18)12-11(13(12,7-15)8-16)9-3-5-10(14)6-4-9/h3-6,11-12H,2H2,1H3/t11-,12+/m1/s1. The highest BCUT2D eigenvalue weighted by Crippen LogP contribution is 2.62. The number of nitriles is 2. The van der Waals surface area contributed by atoms with Crippen LogP contribution in [0.4, 0.5) is 0 Å². The molecule has 0 radical (unpaired) electrons. The van der Waals surface area contributed by atoms with Crippen LogP contribution in [0.1, 0.15) is 18.4 Å². The van der Waals surface area contributed by atoms with E-state index in [4.69, 9.17) is 11.6 Å². The highest BCUT2D eigenvalue weighted by atomic mass is 35.5. The fraction of sp³-hybridized carbons (Fsp3) is 0.385. The van der Waals surface area contributed by atoms with Crippen LogP contribution in [0.25, 0.3) is 0 Å². The number of hydrogen-bond donors (Lipinski definition) is 0. The Kier molecular flexibility index (Phi) is 3.30. The van der Waals surface area contributed by atoms with Gasteiger partial charge in [0.25, 0.3) is 0 Å². The molecule has 98 valence electrons. The van der Waals surface area contributed by atoms with Gasteiger partial charge < -0.3 is 0 Å². The van der Waals surface area contributed by atoms with Crippen molar-refractivity contribution in [3.05, 3.63) is 34.9 Å². The zero-order chi connectivity index (χ0) is 14.3. The molecule has 0 saturated heterocycles. The van der Waals surface area contributed by atoms with Gasteiger partial charge in [0.15, 0.2) is 15.3 Å². The summed E-state index contributed by atoms with van der Waals surface area (Å²) in [6, 6.07) is 10.4. The molecule has 0 unspecified atom stereocenters. The van der Waals surface area contributed by atoms with Crippen molar-refractivity contribution in [2.24, 2.45) is 5.41 Å². The van der Waals surface area contributed by atoms with Crippen molar-refractivity contribution in [1.82, 2.24) is 0 Å².